The number of nitrogens with zero attached hydrogens (tertiary/aromatic N) is 1. The molecule has 2 radical (unpaired) electrons. The molecule has 3 atom stereocenters. The Balaban J connectivity index is 0.000000193. The van der Waals surface area contributed by atoms with Crippen molar-refractivity contribution in [2.75, 3.05) is 14.1 Å². The molecule has 42 heavy (non-hydrogen) atoms. The van der Waals surface area contributed by atoms with Gasteiger partial charge in [0, 0.05) is 28.8 Å². The first kappa shape index (κ1) is 33.1. The molecular weight excluding hydrogens is 588 g/mol. The summed E-state index contributed by atoms with van der Waals surface area (Å²) in [6.07, 6.45) is 10.5. The average Bonchev–Trinajstić information content (AvgIpc) is 3.73. The fourth-order valence-electron chi connectivity index (χ4n) is 6.44. The zero-order valence-corrected chi connectivity index (χ0v) is 28.2. The molecule has 4 aromatic carbocycles. The monoisotopic (exact) mass is 633 g/mol. The third-order valence-electron chi connectivity index (χ3n) is 8.70. The van der Waals surface area contributed by atoms with Gasteiger partial charge in [-0.1, -0.05) is 134 Å². The summed E-state index contributed by atoms with van der Waals surface area (Å²) in [5.41, 5.74) is 2.45. The van der Waals surface area contributed by atoms with Crippen LogP contribution in [0.2, 0.25) is 0 Å². The number of benzene rings is 4. The predicted molar refractivity (Wildman–Crippen MR) is 184 cm³/mol. The first-order valence-electron chi connectivity index (χ1n) is 15.3. The largest absolute Gasteiger partial charge is 0.306 e. The molecule has 0 bridgehead atoms. The second-order valence-corrected chi connectivity index (χ2v) is 16.2. The summed E-state index contributed by atoms with van der Waals surface area (Å²) in [6.45, 7) is 2.41. The zero-order valence-electron chi connectivity index (χ0n) is 25.3. The Kier molecular flexibility index (Phi) is 13.3. The smallest absolute Gasteiger partial charge is 0.0121 e. The third-order valence-corrected chi connectivity index (χ3v) is 14.3. The molecule has 2 unspecified atom stereocenters. The Morgan fingerprint density at radius 3 is 1.48 bits per heavy atom. The first-order valence-corrected chi connectivity index (χ1v) is 18.0. The molecular formula is C38H45FeNP2. The third kappa shape index (κ3) is 8.44. The molecule has 2 fully saturated rings. The Hall–Kier alpha value is -1.78. The summed E-state index contributed by atoms with van der Waals surface area (Å²) < 4.78 is 0. The van der Waals surface area contributed by atoms with Gasteiger partial charge < -0.3 is 4.90 Å². The van der Waals surface area contributed by atoms with Crippen molar-refractivity contribution in [2.24, 2.45) is 5.92 Å². The molecule has 0 aliphatic heterocycles. The van der Waals surface area contributed by atoms with Crippen LogP contribution in [0.25, 0.3) is 0 Å². The summed E-state index contributed by atoms with van der Waals surface area (Å²) >= 11 is 0. The van der Waals surface area contributed by atoms with Crippen LogP contribution in [-0.4, -0.2) is 30.7 Å². The Morgan fingerprint density at radius 1 is 0.619 bits per heavy atom. The topological polar surface area (TPSA) is 3.24 Å². The van der Waals surface area contributed by atoms with Gasteiger partial charge in [-0.15, -0.1) is 0 Å². The Bertz CT molecular complexity index is 1200. The Labute approximate surface area is 268 Å². The van der Waals surface area contributed by atoms with Crippen LogP contribution in [0, 0.1) is 18.0 Å². The van der Waals surface area contributed by atoms with E-state index >= 15 is 0 Å². The normalized spacial score (nSPS) is 19.4. The minimum absolute atomic E-state index is 0. The summed E-state index contributed by atoms with van der Waals surface area (Å²) in [4.78, 5) is 2.41. The van der Waals surface area contributed by atoms with Gasteiger partial charge in [-0.3, -0.25) is 0 Å². The van der Waals surface area contributed by atoms with Crippen molar-refractivity contribution in [3.63, 3.8) is 0 Å². The van der Waals surface area contributed by atoms with Crippen molar-refractivity contribution >= 4 is 37.1 Å². The molecule has 1 nitrogen and oxygen atoms in total. The fraction of sp³-hybridized carbons (Fsp3) is 0.316. The van der Waals surface area contributed by atoms with Gasteiger partial charge in [-0.2, -0.15) is 0 Å². The van der Waals surface area contributed by atoms with Crippen LogP contribution in [-0.2, 0) is 17.1 Å². The minimum atomic E-state index is -0.291. The van der Waals surface area contributed by atoms with Crippen molar-refractivity contribution in [1.82, 2.24) is 4.90 Å². The van der Waals surface area contributed by atoms with E-state index in [-0.39, 0.29) is 32.9 Å². The zero-order chi connectivity index (χ0) is 28.4. The van der Waals surface area contributed by atoms with Crippen LogP contribution in [0.1, 0.15) is 45.4 Å². The maximum Gasteiger partial charge on any atom is 0.0121 e. The van der Waals surface area contributed by atoms with Crippen molar-refractivity contribution in [1.29, 1.82) is 0 Å². The number of hydrogen-bond donors (Lipinski definition) is 0. The van der Waals surface area contributed by atoms with Gasteiger partial charge in [-0.25, -0.2) is 0 Å². The van der Waals surface area contributed by atoms with E-state index in [2.05, 4.69) is 154 Å². The summed E-state index contributed by atoms with van der Waals surface area (Å²) in [7, 11) is 3.89. The number of hydrogen-bond acceptors (Lipinski definition) is 1. The second-order valence-electron chi connectivity index (χ2n) is 11.5. The summed E-state index contributed by atoms with van der Waals surface area (Å²) in [5, 5.41) is 6.03. The van der Waals surface area contributed by atoms with Gasteiger partial charge in [-0.05, 0) is 102 Å². The van der Waals surface area contributed by atoms with Crippen LogP contribution in [0.5, 0.6) is 0 Å². The molecule has 2 aliphatic carbocycles. The molecule has 4 heteroatoms. The van der Waals surface area contributed by atoms with Crippen molar-refractivity contribution in [3.05, 3.63) is 133 Å². The predicted octanol–water partition coefficient (Wildman–Crippen LogP) is 8.28. The standard InChI is InChI=1S/C21H28NP.C17H17P.Fe/c1-17(22(2)3)20-15-10-16-21(20)23(18-11-6-4-7-12-18)19-13-8-5-9-14-19;1-3-9-15(10-4-1)18(17-13-7-8-14-17)16-11-5-2-6-12-16;/h4-9,11-14,17,20-21H,10,15-16H2,1-3H3;1-6,9-13H,7-8,14H2;/t17-,20?,21?;;/m0../s1. The molecule has 0 N–H and O–H groups in total. The molecule has 4 aromatic rings. The molecule has 0 aromatic heterocycles. The van der Waals surface area contributed by atoms with Gasteiger partial charge >= 0.3 is 0 Å². The van der Waals surface area contributed by atoms with Crippen molar-refractivity contribution < 1.29 is 17.1 Å². The average molecular weight is 634 g/mol. The van der Waals surface area contributed by atoms with E-state index in [0.29, 0.717) is 6.04 Å². The van der Waals surface area contributed by atoms with Gasteiger partial charge in [0.15, 0.2) is 0 Å². The maximum atomic E-state index is 2.46. The number of rotatable bonds is 8. The van der Waals surface area contributed by atoms with Crippen LogP contribution in [0.4, 0.5) is 0 Å². The van der Waals surface area contributed by atoms with Gasteiger partial charge in [0.25, 0.3) is 0 Å². The van der Waals surface area contributed by atoms with Gasteiger partial charge in [0.2, 0.25) is 0 Å². The van der Waals surface area contributed by atoms with E-state index in [0.717, 1.165) is 11.6 Å². The van der Waals surface area contributed by atoms with Crippen molar-refractivity contribution in [3.8, 4) is 0 Å². The first-order chi connectivity index (χ1) is 20.1. The quantitative estimate of drug-likeness (QED) is 0.140. The molecule has 0 heterocycles. The molecule has 0 spiro atoms. The van der Waals surface area contributed by atoms with E-state index in [1.807, 2.05) is 0 Å². The van der Waals surface area contributed by atoms with E-state index in [1.165, 1.54) is 59.7 Å². The van der Waals surface area contributed by atoms with Gasteiger partial charge in [0.1, 0.15) is 0 Å². The van der Waals surface area contributed by atoms with E-state index < -0.39 is 0 Å². The summed E-state index contributed by atoms with van der Waals surface area (Å²) in [6, 6.07) is 45.0. The SMILES string of the molecule is C[C@@H](C1CCCC1P(c1ccccc1)c1ccccc1)N(C)C.[CH]1CCC[C]1P(c1ccccc1)c1ccccc1.[Fe]. The van der Waals surface area contributed by atoms with Crippen LogP contribution in [0.15, 0.2) is 121 Å². The molecule has 2 saturated carbocycles. The minimum Gasteiger partial charge on any atom is -0.306 e. The molecule has 0 amide bonds. The molecule has 2 aliphatic rings. The fourth-order valence-corrected chi connectivity index (χ4v) is 12.3. The van der Waals surface area contributed by atoms with E-state index in [9.17, 15) is 0 Å². The van der Waals surface area contributed by atoms with E-state index in [4.69, 9.17) is 0 Å². The van der Waals surface area contributed by atoms with Crippen LogP contribution >= 0.6 is 15.8 Å². The van der Waals surface area contributed by atoms with Crippen LogP contribution < -0.4 is 21.2 Å². The molecule has 6 rings (SSSR count). The second kappa shape index (κ2) is 16.9. The van der Waals surface area contributed by atoms with Crippen molar-refractivity contribution in [2.45, 2.75) is 57.1 Å². The molecule has 0 saturated heterocycles. The Morgan fingerprint density at radius 2 is 1.07 bits per heavy atom. The van der Waals surface area contributed by atoms with Crippen LogP contribution in [0.3, 0.4) is 0 Å². The van der Waals surface area contributed by atoms with E-state index in [1.54, 1.807) is 5.66 Å². The molecule has 220 valence electrons. The van der Waals surface area contributed by atoms with Gasteiger partial charge in [0.05, 0.1) is 0 Å². The summed E-state index contributed by atoms with van der Waals surface area (Å²) in [5.74, 6) is 0.802. The maximum absolute atomic E-state index is 2.46.